The lowest BCUT2D eigenvalue weighted by Crippen LogP contribution is -2.44. The summed E-state index contributed by atoms with van der Waals surface area (Å²) >= 11 is 0. The molecule has 1 aromatic rings. The zero-order chi connectivity index (χ0) is 18.2. The van der Waals surface area contributed by atoms with Gasteiger partial charge in [0.05, 0.1) is 18.8 Å². The average molecular weight is 347 g/mol. The van der Waals surface area contributed by atoms with Crippen LogP contribution in [-0.4, -0.2) is 48.7 Å². The molecule has 0 saturated carbocycles. The number of hydrogen-bond donors (Lipinski definition) is 2. The first-order valence-corrected chi connectivity index (χ1v) is 9.46. The molecule has 1 aliphatic rings. The Morgan fingerprint density at radius 2 is 1.76 bits per heavy atom. The van der Waals surface area contributed by atoms with Crippen LogP contribution in [0.15, 0.2) is 29.3 Å². The Morgan fingerprint density at radius 3 is 2.32 bits per heavy atom. The largest absolute Gasteiger partial charge is 0.373 e. The first-order valence-electron chi connectivity index (χ1n) is 9.46. The van der Waals surface area contributed by atoms with Crippen LogP contribution in [0.4, 0.5) is 0 Å². The number of guanidine groups is 1. The van der Waals surface area contributed by atoms with Gasteiger partial charge in [-0.05, 0) is 45.7 Å². The van der Waals surface area contributed by atoms with Crippen molar-refractivity contribution >= 4 is 5.96 Å². The Hall–Kier alpha value is -1.59. The Morgan fingerprint density at radius 1 is 1.16 bits per heavy atom. The number of morpholine rings is 1. The molecule has 0 radical (unpaired) electrons. The fraction of sp³-hybridized carbons (Fsp3) is 0.650. The van der Waals surface area contributed by atoms with Crippen molar-refractivity contribution in [3.63, 3.8) is 0 Å². The fourth-order valence-electron chi connectivity index (χ4n) is 3.19. The van der Waals surface area contributed by atoms with E-state index in [9.17, 15) is 0 Å². The van der Waals surface area contributed by atoms with Crippen LogP contribution in [0.25, 0.3) is 0 Å². The maximum atomic E-state index is 5.81. The van der Waals surface area contributed by atoms with E-state index in [2.05, 4.69) is 79.4 Å². The summed E-state index contributed by atoms with van der Waals surface area (Å²) in [5.41, 5.74) is 2.58. The minimum atomic E-state index is 0.315. The van der Waals surface area contributed by atoms with Crippen molar-refractivity contribution < 1.29 is 4.74 Å². The van der Waals surface area contributed by atoms with E-state index in [4.69, 9.17) is 4.74 Å². The minimum absolute atomic E-state index is 0.315. The molecule has 0 aliphatic carbocycles. The summed E-state index contributed by atoms with van der Waals surface area (Å²) in [7, 11) is 0. The van der Waals surface area contributed by atoms with Crippen molar-refractivity contribution in [3.8, 4) is 0 Å². The molecule has 140 valence electrons. The molecule has 0 aromatic heterocycles. The number of benzene rings is 1. The highest BCUT2D eigenvalue weighted by atomic mass is 16.5. The molecule has 2 rings (SSSR count). The van der Waals surface area contributed by atoms with Crippen molar-refractivity contribution in [3.05, 3.63) is 35.4 Å². The molecule has 1 aromatic carbocycles. The van der Waals surface area contributed by atoms with Crippen molar-refractivity contribution in [1.29, 1.82) is 0 Å². The predicted octanol–water partition coefficient (Wildman–Crippen LogP) is 2.76. The molecular weight excluding hydrogens is 312 g/mol. The monoisotopic (exact) mass is 346 g/mol. The van der Waals surface area contributed by atoms with Crippen LogP contribution in [0.5, 0.6) is 0 Å². The molecule has 0 amide bonds. The van der Waals surface area contributed by atoms with E-state index in [1.807, 2.05) is 0 Å². The summed E-state index contributed by atoms with van der Waals surface area (Å²) in [5, 5.41) is 6.62. The number of aliphatic imine (C=N–C) groups is 1. The lowest BCUT2D eigenvalue weighted by molar-refractivity contribution is -0.0704. The van der Waals surface area contributed by atoms with Crippen LogP contribution in [0.3, 0.4) is 0 Å². The summed E-state index contributed by atoms with van der Waals surface area (Å²) in [6.45, 7) is 15.2. The van der Waals surface area contributed by atoms with Crippen LogP contribution in [0, 0.1) is 0 Å². The van der Waals surface area contributed by atoms with Gasteiger partial charge in [0.25, 0.3) is 0 Å². The van der Waals surface area contributed by atoms with Gasteiger partial charge in [0.1, 0.15) is 0 Å². The number of nitrogens with zero attached hydrogens (tertiary/aromatic N) is 2. The van der Waals surface area contributed by atoms with Crippen molar-refractivity contribution in [2.24, 2.45) is 4.99 Å². The molecule has 1 aliphatic heterocycles. The summed E-state index contributed by atoms with van der Waals surface area (Å²) in [6.07, 6.45) is 0.630. The van der Waals surface area contributed by atoms with Crippen LogP contribution < -0.4 is 10.6 Å². The molecule has 0 spiro atoms. The van der Waals surface area contributed by atoms with E-state index < -0.39 is 0 Å². The van der Waals surface area contributed by atoms with Gasteiger partial charge in [-0.15, -0.1) is 0 Å². The molecule has 1 fully saturated rings. The van der Waals surface area contributed by atoms with Crippen molar-refractivity contribution in [2.45, 2.75) is 66.0 Å². The highest BCUT2D eigenvalue weighted by molar-refractivity contribution is 5.79. The summed E-state index contributed by atoms with van der Waals surface area (Å²) in [5.74, 6) is 0.873. The third-order valence-electron chi connectivity index (χ3n) is 4.11. The van der Waals surface area contributed by atoms with Gasteiger partial charge in [-0.1, -0.05) is 24.3 Å². The molecular formula is C20H34N4O. The number of hydrogen-bond acceptors (Lipinski definition) is 3. The quantitative estimate of drug-likeness (QED) is 0.614. The van der Waals surface area contributed by atoms with Gasteiger partial charge in [-0.25, -0.2) is 4.99 Å². The second kappa shape index (κ2) is 9.78. The second-order valence-corrected chi connectivity index (χ2v) is 7.26. The van der Waals surface area contributed by atoms with E-state index >= 15 is 0 Å². The molecule has 5 heteroatoms. The summed E-state index contributed by atoms with van der Waals surface area (Å²) in [6, 6.07) is 9.19. The standard InChI is InChI=1S/C20H34N4O/c1-6-21-20(23-15(2)3)22-11-18-7-9-19(10-8-18)14-24-12-16(4)25-17(5)13-24/h7-10,15-17H,6,11-14H2,1-5H3,(H2,21,22,23). The minimum Gasteiger partial charge on any atom is -0.373 e. The van der Waals surface area contributed by atoms with Crippen molar-refractivity contribution in [1.82, 2.24) is 15.5 Å². The van der Waals surface area contributed by atoms with Gasteiger partial charge in [0, 0.05) is 32.2 Å². The molecule has 5 nitrogen and oxygen atoms in total. The van der Waals surface area contributed by atoms with E-state index in [-0.39, 0.29) is 0 Å². The third-order valence-corrected chi connectivity index (χ3v) is 4.11. The topological polar surface area (TPSA) is 48.9 Å². The van der Waals surface area contributed by atoms with E-state index in [0.29, 0.717) is 24.8 Å². The lowest BCUT2D eigenvalue weighted by atomic mass is 10.1. The third kappa shape index (κ3) is 7.04. The molecule has 2 N–H and O–H groups in total. The number of rotatable bonds is 6. The van der Waals surface area contributed by atoms with E-state index in [1.54, 1.807) is 0 Å². The molecule has 1 saturated heterocycles. The van der Waals surface area contributed by atoms with E-state index in [0.717, 1.165) is 32.1 Å². The zero-order valence-corrected chi connectivity index (χ0v) is 16.4. The Kier molecular flexibility index (Phi) is 7.72. The van der Waals surface area contributed by atoms with Gasteiger partial charge < -0.3 is 15.4 Å². The van der Waals surface area contributed by atoms with Crippen LogP contribution in [0.1, 0.15) is 45.7 Å². The molecule has 2 unspecified atom stereocenters. The number of nitrogens with one attached hydrogen (secondary N) is 2. The SMILES string of the molecule is CCNC(=NCc1ccc(CN2CC(C)OC(C)C2)cc1)NC(C)C. The van der Waals surface area contributed by atoms with E-state index in [1.165, 1.54) is 11.1 Å². The maximum Gasteiger partial charge on any atom is 0.191 e. The first kappa shape index (κ1) is 19.7. The van der Waals surface area contributed by atoms with Crippen LogP contribution >= 0.6 is 0 Å². The van der Waals surface area contributed by atoms with Gasteiger partial charge >= 0.3 is 0 Å². The normalized spacial score (nSPS) is 22.2. The molecule has 1 heterocycles. The Labute approximate surface area is 152 Å². The molecule has 0 bridgehead atoms. The van der Waals surface area contributed by atoms with Crippen LogP contribution in [-0.2, 0) is 17.8 Å². The van der Waals surface area contributed by atoms with Crippen LogP contribution in [0.2, 0.25) is 0 Å². The summed E-state index contributed by atoms with van der Waals surface area (Å²) in [4.78, 5) is 7.13. The predicted molar refractivity (Wildman–Crippen MR) is 105 cm³/mol. The van der Waals surface area contributed by atoms with Gasteiger partial charge in [-0.2, -0.15) is 0 Å². The average Bonchev–Trinajstić information content (AvgIpc) is 2.53. The highest BCUT2D eigenvalue weighted by Gasteiger charge is 2.21. The second-order valence-electron chi connectivity index (χ2n) is 7.26. The van der Waals surface area contributed by atoms with Gasteiger partial charge in [0.15, 0.2) is 5.96 Å². The Bertz CT molecular complexity index is 531. The van der Waals surface area contributed by atoms with Crippen molar-refractivity contribution in [2.75, 3.05) is 19.6 Å². The maximum absolute atomic E-state index is 5.81. The lowest BCUT2D eigenvalue weighted by Gasteiger charge is -2.35. The highest BCUT2D eigenvalue weighted by Crippen LogP contribution is 2.15. The zero-order valence-electron chi connectivity index (χ0n) is 16.4. The molecule has 2 atom stereocenters. The van der Waals surface area contributed by atoms with Gasteiger partial charge in [-0.3, -0.25) is 4.90 Å². The smallest absolute Gasteiger partial charge is 0.191 e. The van der Waals surface area contributed by atoms with Gasteiger partial charge in [0.2, 0.25) is 0 Å². The molecule has 25 heavy (non-hydrogen) atoms. The number of ether oxygens (including phenoxy) is 1. The fourth-order valence-corrected chi connectivity index (χ4v) is 3.19. The summed E-state index contributed by atoms with van der Waals surface area (Å²) < 4.78 is 5.81. The first-order chi connectivity index (χ1) is 12.0. The Balaban J connectivity index is 1.90.